The lowest BCUT2D eigenvalue weighted by atomic mass is 10.1. The van der Waals surface area contributed by atoms with Crippen LogP contribution in [0.25, 0.3) is 6.08 Å². The number of carbonyl (C=O) groups excluding carboxylic acids is 1. The molecule has 2 aromatic carbocycles. The first-order valence-corrected chi connectivity index (χ1v) is 8.12. The van der Waals surface area contributed by atoms with Gasteiger partial charge in [-0.05, 0) is 36.3 Å². The molecule has 0 unspecified atom stereocenters. The number of likely N-dealkylation sites (N-methyl/N-ethyl adjacent to an activating group) is 1. The molecule has 124 valence electrons. The number of carbonyl (C=O) groups is 1. The molecule has 0 saturated carbocycles. The molecule has 0 fully saturated rings. The van der Waals surface area contributed by atoms with Gasteiger partial charge in [-0.3, -0.25) is 14.9 Å². The largest absolute Gasteiger partial charge is 0.335 e. The molecule has 5 nitrogen and oxygen atoms in total. The van der Waals surface area contributed by atoms with Gasteiger partial charge in [0.15, 0.2) is 0 Å². The van der Waals surface area contributed by atoms with Gasteiger partial charge in [-0.2, -0.15) is 0 Å². The smallest absolute Gasteiger partial charge is 0.269 e. The van der Waals surface area contributed by atoms with E-state index in [0.717, 1.165) is 15.6 Å². The number of rotatable bonds is 5. The van der Waals surface area contributed by atoms with Gasteiger partial charge >= 0.3 is 0 Å². The van der Waals surface area contributed by atoms with Crippen LogP contribution in [-0.2, 0) is 4.79 Å². The molecule has 0 aliphatic carbocycles. The number of hydrogen-bond acceptors (Lipinski definition) is 3. The zero-order chi connectivity index (χ0) is 17.7. The highest BCUT2D eigenvalue weighted by atomic mass is 79.9. The van der Waals surface area contributed by atoms with Crippen LogP contribution in [0.2, 0.25) is 0 Å². The molecule has 0 aliphatic rings. The molecular weight excluding hydrogens is 372 g/mol. The van der Waals surface area contributed by atoms with Crippen molar-refractivity contribution >= 4 is 33.6 Å². The summed E-state index contributed by atoms with van der Waals surface area (Å²) in [5.41, 5.74) is 1.65. The highest BCUT2D eigenvalue weighted by molar-refractivity contribution is 9.10. The first-order chi connectivity index (χ1) is 11.4. The van der Waals surface area contributed by atoms with E-state index >= 15 is 0 Å². The van der Waals surface area contributed by atoms with Crippen molar-refractivity contribution in [1.29, 1.82) is 0 Å². The van der Waals surface area contributed by atoms with Crippen molar-refractivity contribution in [3.8, 4) is 0 Å². The maximum absolute atomic E-state index is 12.3. The van der Waals surface area contributed by atoms with Crippen molar-refractivity contribution in [3.05, 3.63) is 80.3 Å². The Balaban J connectivity index is 2.12. The molecule has 0 heterocycles. The summed E-state index contributed by atoms with van der Waals surface area (Å²) >= 11 is 3.39. The molecule has 0 saturated heterocycles. The lowest BCUT2D eigenvalue weighted by Gasteiger charge is -2.24. The minimum atomic E-state index is -0.439. The van der Waals surface area contributed by atoms with Gasteiger partial charge in [0.25, 0.3) is 5.69 Å². The Bertz CT molecular complexity index is 789. The van der Waals surface area contributed by atoms with Crippen LogP contribution in [0.5, 0.6) is 0 Å². The predicted octanol–water partition coefficient (Wildman–Crippen LogP) is 4.59. The van der Waals surface area contributed by atoms with Gasteiger partial charge in [0.1, 0.15) is 0 Å². The van der Waals surface area contributed by atoms with Gasteiger partial charge in [-0.25, -0.2) is 0 Å². The zero-order valence-electron chi connectivity index (χ0n) is 13.3. The van der Waals surface area contributed by atoms with Crippen LogP contribution >= 0.6 is 15.9 Å². The Morgan fingerprint density at radius 3 is 2.62 bits per heavy atom. The summed E-state index contributed by atoms with van der Waals surface area (Å²) in [6.07, 6.45) is 3.24. The minimum absolute atomic E-state index is 0.0184. The van der Waals surface area contributed by atoms with E-state index in [1.54, 1.807) is 30.2 Å². The molecule has 1 amide bonds. The van der Waals surface area contributed by atoms with Gasteiger partial charge < -0.3 is 4.90 Å². The van der Waals surface area contributed by atoms with E-state index in [1.807, 2.05) is 31.2 Å². The third kappa shape index (κ3) is 4.52. The Hall–Kier alpha value is -2.47. The number of hydrogen-bond donors (Lipinski definition) is 0. The number of halogens is 1. The van der Waals surface area contributed by atoms with Crippen LogP contribution in [0.4, 0.5) is 5.69 Å². The highest BCUT2D eigenvalue weighted by Crippen LogP contribution is 2.23. The van der Waals surface area contributed by atoms with Gasteiger partial charge in [0.05, 0.1) is 11.0 Å². The van der Waals surface area contributed by atoms with Crippen LogP contribution in [0.15, 0.2) is 59.1 Å². The van der Waals surface area contributed by atoms with E-state index in [9.17, 15) is 14.9 Å². The Morgan fingerprint density at radius 2 is 1.96 bits per heavy atom. The first kappa shape index (κ1) is 17.9. The third-order valence-electron chi connectivity index (χ3n) is 3.76. The molecule has 2 aromatic rings. The van der Waals surface area contributed by atoms with Crippen molar-refractivity contribution < 1.29 is 9.72 Å². The first-order valence-electron chi connectivity index (χ1n) is 7.33. The van der Waals surface area contributed by atoms with Gasteiger partial charge in [-0.1, -0.05) is 40.2 Å². The fourth-order valence-electron chi connectivity index (χ4n) is 2.21. The van der Waals surface area contributed by atoms with E-state index < -0.39 is 4.92 Å². The van der Waals surface area contributed by atoms with Crippen LogP contribution in [0.1, 0.15) is 24.1 Å². The molecule has 6 heteroatoms. The molecule has 0 bridgehead atoms. The van der Waals surface area contributed by atoms with E-state index in [1.165, 1.54) is 18.2 Å². The normalized spacial score (nSPS) is 12.1. The lowest BCUT2D eigenvalue weighted by Crippen LogP contribution is -2.28. The summed E-state index contributed by atoms with van der Waals surface area (Å²) in [7, 11) is 1.68. The van der Waals surface area contributed by atoms with E-state index in [2.05, 4.69) is 15.9 Å². The third-order valence-corrected chi connectivity index (χ3v) is 4.25. The summed E-state index contributed by atoms with van der Waals surface area (Å²) in [5, 5.41) is 10.9. The number of benzene rings is 2. The number of nitro groups is 1. The number of nitrogens with zero attached hydrogens (tertiary/aromatic N) is 2. The van der Waals surface area contributed by atoms with Crippen molar-refractivity contribution in [1.82, 2.24) is 4.90 Å². The molecule has 0 radical (unpaired) electrons. The average molecular weight is 389 g/mol. The molecule has 0 aliphatic heterocycles. The maximum atomic E-state index is 12.3. The standard InChI is InChI=1S/C18H17BrN2O3/c1-13(15-6-4-8-17(12-15)21(23)24)20(2)18(22)10-9-14-5-3-7-16(19)11-14/h3-13H,1-2H3/b10-9+/t13-/m0/s1. The van der Waals surface area contributed by atoms with Crippen LogP contribution < -0.4 is 0 Å². The van der Waals surface area contributed by atoms with Crippen molar-refractivity contribution in [3.63, 3.8) is 0 Å². The van der Waals surface area contributed by atoms with Gasteiger partial charge in [0, 0.05) is 29.7 Å². The molecule has 0 spiro atoms. The minimum Gasteiger partial charge on any atom is -0.335 e. The number of nitro benzene ring substituents is 1. The van der Waals surface area contributed by atoms with E-state index in [-0.39, 0.29) is 17.6 Å². The van der Waals surface area contributed by atoms with E-state index in [4.69, 9.17) is 0 Å². The monoisotopic (exact) mass is 388 g/mol. The maximum Gasteiger partial charge on any atom is 0.269 e. The molecule has 0 N–H and O–H groups in total. The van der Waals surface area contributed by atoms with Crippen LogP contribution in [-0.4, -0.2) is 22.8 Å². The van der Waals surface area contributed by atoms with Crippen LogP contribution in [0, 0.1) is 10.1 Å². The van der Waals surface area contributed by atoms with Gasteiger partial charge in [-0.15, -0.1) is 0 Å². The number of non-ortho nitro benzene ring substituents is 1. The SMILES string of the molecule is C[C@@H](c1cccc([N+](=O)[O-])c1)N(C)C(=O)/C=C/c1cccc(Br)c1. The van der Waals surface area contributed by atoms with Crippen LogP contribution in [0.3, 0.4) is 0 Å². The molecule has 24 heavy (non-hydrogen) atoms. The van der Waals surface area contributed by atoms with Crippen molar-refractivity contribution in [2.75, 3.05) is 7.05 Å². The molecule has 1 atom stereocenters. The summed E-state index contributed by atoms with van der Waals surface area (Å²) < 4.78 is 0.940. The Morgan fingerprint density at radius 1 is 1.25 bits per heavy atom. The van der Waals surface area contributed by atoms with Crippen molar-refractivity contribution in [2.45, 2.75) is 13.0 Å². The summed E-state index contributed by atoms with van der Waals surface area (Å²) in [5.74, 6) is -0.172. The lowest BCUT2D eigenvalue weighted by molar-refractivity contribution is -0.384. The summed E-state index contributed by atoms with van der Waals surface area (Å²) in [6.45, 7) is 1.84. The second kappa shape index (κ2) is 7.88. The zero-order valence-corrected chi connectivity index (χ0v) is 14.9. The number of amides is 1. The Labute approximate surface area is 148 Å². The average Bonchev–Trinajstić information content (AvgIpc) is 2.58. The second-order valence-electron chi connectivity index (χ2n) is 5.37. The predicted molar refractivity (Wildman–Crippen MR) is 97.5 cm³/mol. The Kier molecular flexibility index (Phi) is 5.87. The van der Waals surface area contributed by atoms with Gasteiger partial charge in [0.2, 0.25) is 5.91 Å². The van der Waals surface area contributed by atoms with E-state index in [0.29, 0.717) is 0 Å². The second-order valence-corrected chi connectivity index (χ2v) is 6.28. The fourth-order valence-corrected chi connectivity index (χ4v) is 2.62. The van der Waals surface area contributed by atoms with Crippen molar-refractivity contribution in [2.24, 2.45) is 0 Å². The highest BCUT2D eigenvalue weighted by Gasteiger charge is 2.17. The topological polar surface area (TPSA) is 63.5 Å². The summed E-state index contributed by atoms with van der Waals surface area (Å²) in [4.78, 5) is 24.3. The molecule has 2 rings (SSSR count). The summed E-state index contributed by atoms with van der Waals surface area (Å²) in [6, 6.07) is 13.7. The molecular formula is C18H17BrN2O3. The molecule has 0 aromatic heterocycles. The fraction of sp³-hybridized carbons (Fsp3) is 0.167. The quantitative estimate of drug-likeness (QED) is 0.427.